The second kappa shape index (κ2) is 5.68. The lowest BCUT2D eigenvalue weighted by atomic mass is 10.1. The van der Waals surface area contributed by atoms with Crippen LogP contribution in [0, 0.1) is 0 Å². The lowest BCUT2D eigenvalue weighted by molar-refractivity contribution is -0.902. The minimum atomic E-state index is 0. The van der Waals surface area contributed by atoms with Crippen molar-refractivity contribution < 1.29 is 33.6 Å². The van der Waals surface area contributed by atoms with Crippen LogP contribution < -0.4 is 24.0 Å². The average molecular weight is 307 g/mol. The van der Waals surface area contributed by atoms with Gasteiger partial charge in [-0.3, -0.25) is 0 Å². The molecular weight excluding hydrogens is 289 g/mol. The fraction of sp³-hybridized carbons (Fsp3) is 0.455. The van der Waals surface area contributed by atoms with Gasteiger partial charge in [-0.2, -0.15) is 0 Å². The summed E-state index contributed by atoms with van der Waals surface area (Å²) < 4.78 is 0.751. The Balaban J connectivity index is 0.00000169. The van der Waals surface area contributed by atoms with Crippen LogP contribution in [-0.2, 0) is 0 Å². The van der Waals surface area contributed by atoms with E-state index in [9.17, 15) is 5.11 Å². The van der Waals surface area contributed by atoms with E-state index in [0.29, 0.717) is 0 Å². The highest BCUT2D eigenvalue weighted by atomic mass is 127. The predicted molar refractivity (Wildman–Crippen MR) is 54.3 cm³/mol. The van der Waals surface area contributed by atoms with Crippen molar-refractivity contribution in [2.24, 2.45) is 0 Å². The van der Waals surface area contributed by atoms with Crippen LogP contribution in [0.15, 0.2) is 30.3 Å². The maximum absolute atomic E-state index is 9.30. The minimum absolute atomic E-state index is 0. The standard InChI is InChI=1S/C11H18NO.HI/c1-12(2,3)11(9-13)10-7-5-4-6-8-10;/h4-8,11,13H,9H2,1-3H3;1H/q+1;/p-1. The van der Waals surface area contributed by atoms with Gasteiger partial charge >= 0.3 is 0 Å². The number of aliphatic hydroxyl groups is 1. The topological polar surface area (TPSA) is 20.2 Å². The molecule has 0 aliphatic carbocycles. The summed E-state index contributed by atoms with van der Waals surface area (Å²) in [5.74, 6) is 0. The molecule has 0 aliphatic rings. The molecule has 0 radical (unpaired) electrons. The lowest BCUT2D eigenvalue weighted by Gasteiger charge is -2.33. The molecule has 1 atom stereocenters. The van der Waals surface area contributed by atoms with E-state index >= 15 is 0 Å². The highest BCUT2D eigenvalue weighted by molar-refractivity contribution is 5.17. The van der Waals surface area contributed by atoms with Crippen molar-refractivity contribution in [3.8, 4) is 0 Å². The van der Waals surface area contributed by atoms with Crippen LogP contribution in [0.1, 0.15) is 11.6 Å². The summed E-state index contributed by atoms with van der Waals surface area (Å²) in [6, 6.07) is 10.3. The van der Waals surface area contributed by atoms with Gasteiger partial charge < -0.3 is 33.6 Å². The van der Waals surface area contributed by atoms with E-state index in [1.807, 2.05) is 18.2 Å². The second-order valence-corrected chi connectivity index (χ2v) is 4.23. The van der Waals surface area contributed by atoms with Crippen molar-refractivity contribution in [1.29, 1.82) is 0 Å². The van der Waals surface area contributed by atoms with E-state index in [-0.39, 0.29) is 36.6 Å². The molecule has 0 fully saturated rings. The zero-order chi connectivity index (χ0) is 9.90. The van der Waals surface area contributed by atoms with Crippen molar-refractivity contribution in [2.45, 2.75) is 6.04 Å². The molecule has 80 valence electrons. The van der Waals surface area contributed by atoms with Crippen LogP contribution in [0.5, 0.6) is 0 Å². The molecule has 0 aromatic heterocycles. The predicted octanol–water partition coefficient (Wildman–Crippen LogP) is -1.57. The van der Waals surface area contributed by atoms with Gasteiger partial charge in [0.15, 0.2) is 0 Å². The summed E-state index contributed by atoms with van der Waals surface area (Å²) in [7, 11) is 6.27. The van der Waals surface area contributed by atoms with Gasteiger partial charge in [-0.1, -0.05) is 30.3 Å². The largest absolute Gasteiger partial charge is 1.00 e. The summed E-state index contributed by atoms with van der Waals surface area (Å²) in [6.45, 7) is 0.188. The third-order valence-corrected chi connectivity index (χ3v) is 2.29. The Morgan fingerprint density at radius 2 is 1.64 bits per heavy atom. The monoisotopic (exact) mass is 307 g/mol. The molecule has 0 heterocycles. The van der Waals surface area contributed by atoms with Crippen LogP contribution in [0.25, 0.3) is 0 Å². The van der Waals surface area contributed by atoms with Crippen LogP contribution in [0.4, 0.5) is 0 Å². The van der Waals surface area contributed by atoms with Gasteiger partial charge in [-0.25, -0.2) is 0 Å². The Morgan fingerprint density at radius 3 is 2.00 bits per heavy atom. The van der Waals surface area contributed by atoms with Crippen LogP contribution in [0.3, 0.4) is 0 Å². The zero-order valence-electron chi connectivity index (χ0n) is 8.94. The normalized spacial score (nSPS) is 13.1. The first-order valence-electron chi connectivity index (χ1n) is 4.52. The van der Waals surface area contributed by atoms with Crippen molar-refractivity contribution in [2.75, 3.05) is 27.7 Å². The Labute approximate surface area is 103 Å². The molecule has 0 bridgehead atoms. The van der Waals surface area contributed by atoms with E-state index in [2.05, 4.69) is 33.3 Å². The number of nitrogens with zero attached hydrogens (tertiary/aromatic N) is 1. The third-order valence-electron chi connectivity index (χ3n) is 2.29. The Bertz CT molecular complexity index is 256. The number of aliphatic hydroxyl groups excluding tert-OH is 1. The summed E-state index contributed by atoms with van der Waals surface area (Å²) in [6.07, 6.45) is 0. The summed E-state index contributed by atoms with van der Waals surface area (Å²) in [4.78, 5) is 0. The fourth-order valence-electron chi connectivity index (χ4n) is 1.47. The molecular formula is C11H18INO. The Morgan fingerprint density at radius 1 is 1.14 bits per heavy atom. The average Bonchev–Trinajstić information content (AvgIpc) is 2.05. The number of halogens is 1. The highest BCUT2D eigenvalue weighted by Crippen LogP contribution is 2.21. The number of hydrogen-bond acceptors (Lipinski definition) is 1. The van der Waals surface area contributed by atoms with Crippen LogP contribution in [0.2, 0.25) is 0 Å². The van der Waals surface area contributed by atoms with Gasteiger partial charge in [-0.15, -0.1) is 0 Å². The summed E-state index contributed by atoms with van der Waals surface area (Å²) in [5, 5.41) is 9.30. The van der Waals surface area contributed by atoms with Crippen molar-refractivity contribution >= 4 is 0 Å². The van der Waals surface area contributed by atoms with Gasteiger partial charge in [0.05, 0.1) is 27.7 Å². The molecule has 0 aliphatic heterocycles. The molecule has 3 heteroatoms. The molecule has 1 unspecified atom stereocenters. The Hall–Kier alpha value is -0.130. The minimum Gasteiger partial charge on any atom is -1.00 e. The van der Waals surface area contributed by atoms with Gasteiger partial charge in [0.1, 0.15) is 6.04 Å². The second-order valence-electron chi connectivity index (χ2n) is 4.23. The molecule has 1 aromatic carbocycles. The number of quaternary nitrogens is 1. The molecule has 1 N–H and O–H groups in total. The molecule has 1 rings (SSSR count). The first-order chi connectivity index (χ1) is 6.05. The Kier molecular flexibility index (Phi) is 5.63. The van der Waals surface area contributed by atoms with Gasteiger partial charge in [0.2, 0.25) is 0 Å². The molecule has 0 spiro atoms. The smallest absolute Gasteiger partial charge is 0.137 e. The molecule has 1 aromatic rings. The van der Waals surface area contributed by atoms with Crippen molar-refractivity contribution in [3.05, 3.63) is 35.9 Å². The lowest BCUT2D eigenvalue weighted by Crippen LogP contribution is -3.00. The number of benzene rings is 1. The highest BCUT2D eigenvalue weighted by Gasteiger charge is 2.24. The quantitative estimate of drug-likeness (QED) is 0.528. The fourth-order valence-corrected chi connectivity index (χ4v) is 1.47. The first kappa shape index (κ1) is 13.9. The van der Waals surface area contributed by atoms with E-state index in [4.69, 9.17) is 0 Å². The summed E-state index contributed by atoms with van der Waals surface area (Å²) in [5.41, 5.74) is 1.19. The van der Waals surface area contributed by atoms with E-state index < -0.39 is 0 Å². The third kappa shape index (κ3) is 3.55. The molecule has 0 amide bonds. The van der Waals surface area contributed by atoms with E-state index in [1.54, 1.807) is 0 Å². The van der Waals surface area contributed by atoms with Crippen LogP contribution >= 0.6 is 0 Å². The number of hydrogen-bond donors (Lipinski definition) is 1. The van der Waals surface area contributed by atoms with Gasteiger partial charge in [0.25, 0.3) is 0 Å². The van der Waals surface area contributed by atoms with Crippen molar-refractivity contribution in [1.82, 2.24) is 0 Å². The maximum atomic E-state index is 9.30. The van der Waals surface area contributed by atoms with E-state index in [1.165, 1.54) is 5.56 Å². The molecule has 2 nitrogen and oxygen atoms in total. The number of rotatable bonds is 3. The molecule has 14 heavy (non-hydrogen) atoms. The molecule has 0 saturated heterocycles. The zero-order valence-corrected chi connectivity index (χ0v) is 11.1. The molecule has 0 saturated carbocycles. The van der Waals surface area contributed by atoms with E-state index in [0.717, 1.165) is 4.48 Å². The summed E-state index contributed by atoms with van der Waals surface area (Å²) >= 11 is 0. The van der Waals surface area contributed by atoms with Crippen LogP contribution in [-0.4, -0.2) is 37.3 Å². The first-order valence-corrected chi connectivity index (χ1v) is 4.52. The maximum Gasteiger partial charge on any atom is 0.137 e. The van der Waals surface area contributed by atoms with Crippen molar-refractivity contribution in [3.63, 3.8) is 0 Å². The van der Waals surface area contributed by atoms with Gasteiger partial charge in [0, 0.05) is 5.56 Å². The SMILES string of the molecule is C[N+](C)(C)C(CO)c1ccccc1.[I-]. The van der Waals surface area contributed by atoms with Gasteiger partial charge in [-0.05, 0) is 0 Å². The number of likely N-dealkylation sites (N-methyl/N-ethyl adjacent to an activating group) is 1.